The summed E-state index contributed by atoms with van der Waals surface area (Å²) in [4.78, 5) is 0. The average Bonchev–Trinajstić information content (AvgIpc) is 2.03. The summed E-state index contributed by atoms with van der Waals surface area (Å²) in [6.07, 6.45) is 0. The molecule has 0 aliphatic carbocycles. The minimum absolute atomic E-state index is 0.158. The molecule has 12 heavy (non-hydrogen) atoms. The highest BCUT2D eigenvalue weighted by Crippen LogP contribution is 2.41. The van der Waals surface area contributed by atoms with Crippen molar-refractivity contribution in [1.29, 1.82) is 0 Å². The Morgan fingerprint density at radius 3 is 2.17 bits per heavy atom. The van der Waals surface area contributed by atoms with Gasteiger partial charge in [-0.3, -0.25) is 0 Å². The van der Waals surface area contributed by atoms with Gasteiger partial charge in [0.05, 0.1) is 5.38 Å². The summed E-state index contributed by atoms with van der Waals surface area (Å²) >= 11 is 6.32. The topological polar surface area (TPSA) is 0 Å². The standard InChI is InChI=1S/C10H15ClSi/c1-10(2,12)9(11)8-6-4-3-5-7-8/h3-7,9H,1-2,12H3. The third-order valence-electron chi connectivity index (χ3n) is 1.85. The van der Waals surface area contributed by atoms with Crippen molar-refractivity contribution in [3.8, 4) is 0 Å². The summed E-state index contributed by atoms with van der Waals surface area (Å²) in [6.45, 7) is 4.42. The van der Waals surface area contributed by atoms with Gasteiger partial charge in [-0.25, -0.2) is 0 Å². The maximum Gasteiger partial charge on any atom is 0.0603 e. The summed E-state index contributed by atoms with van der Waals surface area (Å²) in [5.41, 5.74) is 1.24. The molecular formula is C10H15ClSi. The Morgan fingerprint density at radius 2 is 1.75 bits per heavy atom. The zero-order valence-corrected chi connectivity index (χ0v) is 10.6. The van der Waals surface area contributed by atoms with Crippen LogP contribution < -0.4 is 0 Å². The molecule has 1 rings (SSSR count). The number of hydrogen-bond donors (Lipinski definition) is 0. The second kappa shape index (κ2) is 3.63. The van der Waals surface area contributed by atoms with Crippen LogP contribution in [0.1, 0.15) is 24.8 Å². The number of rotatable bonds is 2. The molecule has 0 fully saturated rings. The Labute approximate surface area is 82.4 Å². The first-order chi connectivity index (χ1) is 5.52. The van der Waals surface area contributed by atoms with Gasteiger partial charge in [-0.2, -0.15) is 0 Å². The van der Waals surface area contributed by atoms with Crippen LogP contribution in [0.5, 0.6) is 0 Å². The van der Waals surface area contributed by atoms with Crippen LogP contribution in [0, 0.1) is 0 Å². The Bertz CT molecular complexity index is 238. The van der Waals surface area contributed by atoms with E-state index in [1.807, 2.05) is 18.2 Å². The largest absolute Gasteiger partial charge is 0.118 e. The molecule has 0 N–H and O–H groups in total. The van der Waals surface area contributed by atoms with Gasteiger partial charge in [-0.05, 0) is 10.6 Å². The first kappa shape index (κ1) is 9.81. The molecule has 1 atom stereocenters. The van der Waals surface area contributed by atoms with Gasteiger partial charge in [0.25, 0.3) is 0 Å². The van der Waals surface area contributed by atoms with Crippen molar-refractivity contribution in [2.75, 3.05) is 0 Å². The second-order valence-electron chi connectivity index (χ2n) is 4.14. The fourth-order valence-electron chi connectivity index (χ4n) is 1.12. The summed E-state index contributed by atoms with van der Waals surface area (Å²) < 4.78 is 0. The predicted molar refractivity (Wildman–Crippen MR) is 59.0 cm³/mol. The third-order valence-corrected chi connectivity index (χ3v) is 3.70. The van der Waals surface area contributed by atoms with E-state index < -0.39 is 0 Å². The molecule has 0 amide bonds. The third kappa shape index (κ3) is 2.36. The molecule has 1 aromatic rings. The Balaban J connectivity index is 2.86. The molecule has 0 aliphatic heterocycles. The number of alkyl halides is 1. The van der Waals surface area contributed by atoms with E-state index in [-0.39, 0.29) is 10.4 Å². The van der Waals surface area contributed by atoms with Crippen molar-refractivity contribution in [3.05, 3.63) is 35.9 Å². The van der Waals surface area contributed by atoms with Crippen LogP contribution in [0.3, 0.4) is 0 Å². The van der Waals surface area contributed by atoms with Gasteiger partial charge in [-0.15, -0.1) is 11.6 Å². The van der Waals surface area contributed by atoms with Gasteiger partial charge in [0, 0.05) is 10.2 Å². The van der Waals surface area contributed by atoms with Crippen LogP contribution in [-0.2, 0) is 0 Å². The highest BCUT2D eigenvalue weighted by Gasteiger charge is 2.23. The molecule has 0 aromatic heterocycles. The van der Waals surface area contributed by atoms with Gasteiger partial charge in [0.2, 0.25) is 0 Å². The van der Waals surface area contributed by atoms with Gasteiger partial charge in [0.15, 0.2) is 0 Å². The fourth-order valence-corrected chi connectivity index (χ4v) is 1.60. The summed E-state index contributed by atoms with van der Waals surface area (Å²) in [6, 6.07) is 10.3. The molecule has 0 heterocycles. The lowest BCUT2D eigenvalue weighted by atomic mass is 10.0. The lowest BCUT2D eigenvalue weighted by Gasteiger charge is -2.25. The Morgan fingerprint density at radius 1 is 1.25 bits per heavy atom. The predicted octanol–water partition coefficient (Wildman–Crippen LogP) is 2.53. The van der Waals surface area contributed by atoms with E-state index in [2.05, 4.69) is 26.0 Å². The van der Waals surface area contributed by atoms with E-state index >= 15 is 0 Å². The zero-order chi connectivity index (χ0) is 9.19. The van der Waals surface area contributed by atoms with E-state index in [1.54, 1.807) is 0 Å². The second-order valence-corrected chi connectivity index (χ2v) is 7.15. The smallest absolute Gasteiger partial charge is 0.0603 e. The van der Waals surface area contributed by atoms with E-state index in [4.69, 9.17) is 11.6 Å². The normalized spacial score (nSPS) is 14.6. The van der Waals surface area contributed by atoms with Gasteiger partial charge in [-0.1, -0.05) is 44.2 Å². The number of benzene rings is 1. The molecule has 0 nitrogen and oxygen atoms in total. The van der Waals surface area contributed by atoms with Crippen LogP contribution in [0.4, 0.5) is 0 Å². The molecule has 0 saturated heterocycles. The van der Waals surface area contributed by atoms with Crippen molar-refractivity contribution >= 4 is 21.8 Å². The van der Waals surface area contributed by atoms with Crippen LogP contribution in [0.25, 0.3) is 0 Å². The monoisotopic (exact) mass is 198 g/mol. The van der Waals surface area contributed by atoms with Crippen molar-refractivity contribution in [1.82, 2.24) is 0 Å². The summed E-state index contributed by atoms with van der Waals surface area (Å²) in [7, 11) is 1.11. The van der Waals surface area contributed by atoms with Gasteiger partial charge >= 0.3 is 0 Å². The first-order valence-electron chi connectivity index (χ1n) is 4.21. The van der Waals surface area contributed by atoms with E-state index in [1.165, 1.54) is 5.56 Å². The van der Waals surface area contributed by atoms with E-state index in [9.17, 15) is 0 Å². The first-order valence-corrected chi connectivity index (χ1v) is 5.64. The van der Waals surface area contributed by atoms with Crippen molar-refractivity contribution in [2.24, 2.45) is 0 Å². The molecule has 0 aliphatic rings. The van der Waals surface area contributed by atoms with Crippen LogP contribution in [-0.4, -0.2) is 10.2 Å². The van der Waals surface area contributed by atoms with E-state index in [0.29, 0.717) is 0 Å². The Hall–Kier alpha value is -0.273. The molecule has 66 valence electrons. The zero-order valence-electron chi connectivity index (χ0n) is 7.84. The maximum atomic E-state index is 6.32. The van der Waals surface area contributed by atoms with E-state index in [0.717, 1.165) is 10.2 Å². The van der Waals surface area contributed by atoms with Gasteiger partial charge in [0.1, 0.15) is 0 Å². The quantitative estimate of drug-likeness (QED) is 0.506. The highest BCUT2D eigenvalue weighted by molar-refractivity contribution is 6.28. The molecule has 2 heteroatoms. The molecule has 0 radical (unpaired) electrons. The number of hydrogen-bond acceptors (Lipinski definition) is 0. The fraction of sp³-hybridized carbons (Fsp3) is 0.400. The molecule has 1 aromatic carbocycles. The Kier molecular flexibility index (Phi) is 2.97. The van der Waals surface area contributed by atoms with Crippen LogP contribution in [0.15, 0.2) is 30.3 Å². The lowest BCUT2D eigenvalue weighted by Crippen LogP contribution is -2.10. The van der Waals surface area contributed by atoms with Gasteiger partial charge < -0.3 is 0 Å². The number of halogens is 1. The van der Waals surface area contributed by atoms with Crippen LogP contribution in [0.2, 0.25) is 5.04 Å². The van der Waals surface area contributed by atoms with Crippen molar-refractivity contribution < 1.29 is 0 Å². The molecular weight excluding hydrogens is 184 g/mol. The van der Waals surface area contributed by atoms with Crippen molar-refractivity contribution in [3.63, 3.8) is 0 Å². The SMILES string of the molecule is CC(C)([SiH3])C(Cl)c1ccccc1. The molecule has 0 bridgehead atoms. The lowest BCUT2D eigenvalue weighted by molar-refractivity contribution is 0.652. The summed E-state index contributed by atoms with van der Waals surface area (Å²) in [5, 5.41) is 0.425. The van der Waals surface area contributed by atoms with Crippen molar-refractivity contribution in [2.45, 2.75) is 24.3 Å². The maximum absolute atomic E-state index is 6.32. The average molecular weight is 199 g/mol. The minimum atomic E-state index is 0.158. The summed E-state index contributed by atoms with van der Waals surface area (Å²) in [5.74, 6) is 0. The van der Waals surface area contributed by atoms with Crippen LogP contribution >= 0.6 is 11.6 Å². The highest BCUT2D eigenvalue weighted by atomic mass is 35.5. The molecule has 0 spiro atoms. The minimum Gasteiger partial charge on any atom is -0.118 e. The molecule has 0 saturated carbocycles. The molecule has 1 unspecified atom stereocenters.